The fourth-order valence-electron chi connectivity index (χ4n) is 5.07. The van der Waals surface area contributed by atoms with Gasteiger partial charge in [-0.1, -0.05) is 84.0 Å². The maximum absolute atomic E-state index is 13.3. The highest BCUT2D eigenvalue weighted by molar-refractivity contribution is 5.98. The van der Waals surface area contributed by atoms with E-state index in [9.17, 15) is 4.79 Å². The number of aryl methyl sites for hydroxylation is 1. The quantitative estimate of drug-likeness (QED) is 0.314. The van der Waals surface area contributed by atoms with Crippen molar-refractivity contribution in [3.8, 4) is 11.3 Å². The van der Waals surface area contributed by atoms with Crippen LogP contribution in [-0.4, -0.2) is 52.1 Å². The number of carbonyl (C=O) groups is 1. The van der Waals surface area contributed by atoms with Gasteiger partial charge in [0, 0.05) is 43.7 Å². The monoisotopic (exact) mass is 503 g/mol. The molecular weight excluding hydrogens is 474 g/mol. The molecule has 0 N–H and O–H groups in total. The third-order valence-electron chi connectivity index (χ3n) is 7.07. The first-order valence-electron chi connectivity index (χ1n) is 13.0. The largest absolute Gasteiger partial charge is 0.354 e. The number of nitrogens with zero attached hydrogens (tertiary/aromatic N) is 5. The molecule has 0 radical (unpaired) electrons. The molecule has 0 bridgehead atoms. The maximum atomic E-state index is 13.3. The summed E-state index contributed by atoms with van der Waals surface area (Å²) in [6.07, 6.45) is 1.43. The lowest BCUT2D eigenvalue weighted by Crippen LogP contribution is -2.35. The zero-order valence-electron chi connectivity index (χ0n) is 21.4. The van der Waals surface area contributed by atoms with Crippen LogP contribution in [0.5, 0.6) is 0 Å². The standard InChI is InChI=1S/C31H29N5O2/c1-22-11-8-9-16-25(22)31(37)36-18-10-17-35(19-20-36)29-27-28(24-14-6-3-7-15-24)34-38-30(27)33-26(32-29)21-23-12-4-2-5-13-23/h2-9,11-16H,10,17-21H2,1H3. The van der Waals surface area contributed by atoms with Crippen molar-refractivity contribution < 1.29 is 9.32 Å². The van der Waals surface area contributed by atoms with Crippen LogP contribution < -0.4 is 4.90 Å². The van der Waals surface area contributed by atoms with E-state index in [1.54, 1.807) is 0 Å². The molecule has 1 aliphatic rings. The van der Waals surface area contributed by atoms with Gasteiger partial charge >= 0.3 is 0 Å². The summed E-state index contributed by atoms with van der Waals surface area (Å²) in [7, 11) is 0. The lowest BCUT2D eigenvalue weighted by Gasteiger charge is -2.24. The fourth-order valence-corrected chi connectivity index (χ4v) is 5.07. The third-order valence-corrected chi connectivity index (χ3v) is 7.07. The molecule has 0 atom stereocenters. The van der Waals surface area contributed by atoms with Crippen LogP contribution in [0.25, 0.3) is 22.4 Å². The summed E-state index contributed by atoms with van der Waals surface area (Å²) in [5.74, 6) is 1.58. The molecule has 2 aromatic heterocycles. The molecule has 7 heteroatoms. The number of benzene rings is 3. The predicted octanol–water partition coefficient (Wildman–Crippen LogP) is 5.54. The van der Waals surface area contributed by atoms with Crippen LogP contribution in [-0.2, 0) is 6.42 Å². The number of aromatic nitrogens is 3. The molecule has 1 fully saturated rings. The molecule has 5 aromatic rings. The Morgan fingerprint density at radius 2 is 1.58 bits per heavy atom. The SMILES string of the molecule is Cc1ccccc1C(=O)N1CCCN(c2nc(Cc3ccccc3)nc3onc(-c4ccccc4)c23)CC1. The van der Waals surface area contributed by atoms with E-state index in [1.165, 1.54) is 0 Å². The summed E-state index contributed by atoms with van der Waals surface area (Å²) in [4.78, 5) is 27.4. The number of carbonyl (C=O) groups excluding carboxylic acids is 1. The molecule has 0 aliphatic carbocycles. The number of hydrogen-bond acceptors (Lipinski definition) is 6. The van der Waals surface area contributed by atoms with Crippen LogP contribution in [0.1, 0.15) is 33.7 Å². The molecular formula is C31H29N5O2. The number of hydrogen-bond donors (Lipinski definition) is 0. The summed E-state index contributed by atoms with van der Waals surface area (Å²) in [5.41, 5.74) is 5.07. The summed E-state index contributed by atoms with van der Waals surface area (Å²) in [5, 5.41) is 5.23. The van der Waals surface area contributed by atoms with E-state index in [-0.39, 0.29) is 5.91 Å². The van der Waals surface area contributed by atoms with Gasteiger partial charge in [0.25, 0.3) is 11.6 Å². The summed E-state index contributed by atoms with van der Waals surface area (Å²) >= 11 is 0. The highest BCUT2D eigenvalue weighted by Crippen LogP contribution is 2.34. The Morgan fingerprint density at radius 1 is 0.842 bits per heavy atom. The lowest BCUT2D eigenvalue weighted by molar-refractivity contribution is 0.0766. The van der Waals surface area contributed by atoms with Crippen molar-refractivity contribution in [3.63, 3.8) is 0 Å². The zero-order valence-corrected chi connectivity index (χ0v) is 21.4. The minimum absolute atomic E-state index is 0.0810. The summed E-state index contributed by atoms with van der Waals surface area (Å²) in [6.45, 7) is 4.73. The number of amides is 1. The van der Waals surface area contributed by atoms with E-state index in [2.05, 4.69) is 22.2 Å². The Labute approximate surface area is 221 Å². The molecule has 190 valence electrons. The second kappa shape index (κ2) is 10.5. The van der Waals surface area contributed by atoms with Crippen molar-refractivity contribution in [2.45, 2.75) is 19.8 Å². The van der Waals surface area contributed by atoms with E-state index in [1.807, 2.05) is 84.6 Å². The molecule has 6 rings (SSSR count). The second-order valence-corrected chi connectivity index (χ2v) is 9.65. The first-order valence-corrected chi connectivity index (χ1v) is 13.0. The van der Waals surface area contributed by atoms with E-state index >= 15 is 0 Å². The van der Waals surface area contributed by atoms with E-state index in [4.69, 9.17) is 14.5 Å². The van der Waals surface area contributed by atoms with Gasteiger partial charge in [-0.25, -0.2) is 4.98 Å². The Balaban J connectivity index is 1.36. The molecule has 3 heterocycles. The van der Waals surface area contributed by atoms with Gasteiger partial charge in [-0.05, 0) is 30.5 Å². The van der Waals surface area contributed by atoms with Crippen molar-refractivity contribution in [1.29, 1.82) is 0 Å². The van der Waals surface area contributed by atoms with E-state index in [0.29, 0.717) is 37.6 Å². The second-order valence-electron chi connectivity index (χ2n) is 9.65. The molecule has 3 aromatic carbocycles. The number of fused-ring (bicyclic) bond motifs is 1. The third kappa shape index (κ3) is 4.75. The predicted molar refractivity (Wildman–Crippen MR) is 148 cm³/mol. The van der Waals surface area contributed by atoms with Gasteiger partial charge < -0.3 is 14.3 Å². The Hall–Kier alpha value is -4.52. The van der Waals surface area contributed by atoms with Crippen molar-refractivity contribution in [2.75, 3.05) is 31.1 Å². The molecule has 38 heavy (non-hydrogen) atoms. The van der Waals surface area contributed by atoms with Gasteiger partial charge in [-0.15, -0.1) is 0 Å². The molecule has 0 unspecified atom stereocenters. The Morgan fingerprint density at radius 3 is 2.37 bits per heavy atom. The normalized spacial score (nSPS) is 14.0. The van der Waals surface area contributed by atoms with E-state index < -0.39 is 0 Å². The molecule has 1 saturated heterocycles. The minimum atomic E-state index is 0.0810. The summed E-state index contributed by atoms with van der Waals surface area (Å²) in [6, 6.07) is 28.0. The molecule has 1 amide bonds. The smallest absolute Gasteiger partial charge is 0.263 e. The van der Waals surface area contributed by atoms with Gasteiger partial charge in [0.2, 0.25) is 0 Å². The van der Waals surface area contributed by atoms with Gasteiger partial charge in [0.1, 0.15) is 22.7 Å². The number of anilines is 1. The van der Waals surface area contributed by atoms with Crippen molar-refractivity contribution in [2.24, 2.45) is 0 Å². The van der Waals surface area contributed by atoms with Crippen LogP contribution in [0.15, 0.2) is 89.5 Å². The van der Waals surface area contributed by atoms with E-state index in [0.717, 1.165) is 52.1 Å². The van der Waals surface area contributed by atoms with Gasteiger partial charge in [0.05, 0.1) is 0 Å². The molecule has 1 aliphatic heterocycles. The number of rotatable bonds is 5. The van der Waals surface area contributed by atoms with Crippen molar-refractivity contribution >= 4 is 22.8 Å². The van der Waals surface area contributed by atoms with Gasteiger partial charge in [0.15, 0.2) is 0 Å². The molecule has 7 nitrogen and oxygen atoms in total. The van der Waals surface area contributed by atoms with Gasteiger partial charge in [-0.3, -0.25) is 4.79 Å². The maximum Gasteiger partial charge on any atom is 0.263 e. The van der Waals surface area contributed by atoms with Crippen molar-refractivity contribution in [3.05, 3.63) is 107 Å². The minimum Gasteiger partial charge on any atom is -0.354 e. The molecule has 0 spiro atoms. The average Bonchev–Trinajstić information content (AvgIpc) is 3.22. The highest BCUT2D eigenvalue weighted by Gasteiger charge is 2.26. The Bertz CT molecular complexity index is 1570. The first-order chi connectivity index (χ1) is 18.7. The zero-order chi connectivity index (χ0) is 25.9. The van der Waals surface area contributed by atoms with Crippen LogP contribution in [0.2, 0.25) is 0 Å². The van der Waals surface area contributed by atoms with Gasteiger partial charge in [-0.2, -0.15) is 4.98 Å². The summed E-state index contributed by atoms with van der Waals surface area (Å²) < 4.78 is 5.78. The average molecular weight is 504 g/mol. The fraction of sp³-hybridized carbons (Fsp3) is 0.226. The Kier molecular flexibility index (Phi) is 6.56. The topological polar surface area (TPSA) is 75.4 Å². The van der Waals surface area contributed by atoms with Crippen molar-refractivity contribution in [1.82, 2.24) is 20.0 Å². The molecule has 0 saturated carbocycles. The van der Waals surface area contributed by atoms with Crippen LogP contribution in [0.4, 0.5) is 5.82 Å². The van der Waals surface area contributed by atoms with Crippen LogP contribution in [0.3, 0.4) is 0 Å². The van der Waals surface area contributed by atoms with Crippen LogP contribution in [0, 0.1) is 6.92 Å². The first kappa shape index (κ1) is 23.9. The highest BCUT2D eigenvalue weighted by atomic mass is 16.5. The van der Waals surface area contributed by atoms with Crippen LogP contribution >= 0.6 is 0 Å². The lowest BCUT2D eigenvalue weighted by atomic mass is 10.1.